The smallest absolute Gasteiger partial charge is 0.472 e. The molecule has 0 saturated heterocycles. The third-order valence-corrected chi connectivity index (χ3v) is 4.78. The van der Waals surface area contributed by atoms with Crippen LogP contribution in [-0.2, 0) is 16.1 Å². The summed E-state index contributed by atoms with van der Waals surface area (Å²) in [6.07, 6.45) is -8.88. The van der Waals surface area contributed by atoms with E-state index in [1.165, 1.54) is 32.0 Å². The lowest BCUT2D eigenvalue weighted by Crippen LogP contribution is -2.40. The minimum atomic E-state index is -5.09. The Labute approximate surface area is 211 Å². The van der Waals surface area contributed by atoms with E-state index in [1.807, 2.05) is 0 Å². The quantitative estimate of drug-likeness (QED) is 0.285. The molecule has 0 fully saturated rings. The molecule has 15 heteroatoms. The molecule has 0 aliphatic heterocycles. The van der Waals surface area contributed by atoms with Crippen LogP contribution in [0.3, 0.4) is 0 Å². The van der Waals surface area contributed by atoms with E-state index >= 15 is 0 Å². The van der Waals surface area contributed by atoms with E-state index in [0.717, 1.165) is 39.8 Å². The maximum absolute atomic E-state index is 13.1. The van der Waals surface area contributed by atoms with E-state index in [1.54, 1.807) is 6.92 Å². The van der Waals surface area contributed by atoms with Crippen LogP contribution in [0.2, 0.25) is 0 Å². The van der Waals surface area contributed by atoms with Crippen molar-refractivity contribution in [3.05, 3.63) is 64.8 Å². The normalized spacial score (nSPS) is 12.2. The third kappa shape index (κ3) is 7.43. The molecule has 0 spiro atoms. The van der Waals surface area contributed by atoms with Gasteiger partial charge in [0.15, 0.2) is 17.1 Å². The summed E-state index contributed by atoms with van der Waals surface area (Å²) in [6, 6.07) is 7.85. The number of ether oxygens (including phenoxy) is 4. The Morgan fingerprint density at radius 2 is 1.53 bits per heavy atom. The first-order valence-electron chi connectivity index (χ1n) is 10.8. The van der Waals surface area contributed by atoms with Crippen molar-refractivity contribution in [3.63, 3.8) is 0 Å². The van der Waals surface area contributed by atoms with Crippen LogP contribution in [0.1, 0.15) is 26.3 Å². The molecular formula is C23H21F6N3O6. The first kappa shape index (κ1) is 28.4. The summed E-state index contributed by atoms with van der Waals surface area (Å²) in [7, 11) is 0. The number of carbonyl (C=O) groups excluding carboxylic acids is 1. The van der Waals surface area contributed by atoms with Crippen LogP contribution >= 0.6 is 0 Å². The highest BCUT2D eigenvalue weighted by Gasteiger charge is 2.36. The van der Waals surface area contributed by atoms with Gasteiger partial charge in [-0.2, -0.15) is 5.10 Å². The van der Waals surface area contributed by atoms with Crippen molar-refractivity contribution in [3.8, 4) is 22.9 Å². The third-order valence-electron chi connectivity index (χ3n) is 4.78. The summed E-state index contributed by atoms with van der Waals surface area (Å²) in [5, 5.41) is 3.90. The highest BCUT2D eigenvalue weighted by molar-refractivity contribution is 5.79. The first-order chi connectivity index (χ1) is 17.6. The maximum atomic E-state index is 13.1. The molecule has 2 aromatic carbocycles. The van der Waals surface area contributed by atoms with Gasteiger partial charge >= 0.3 is 24.4 Å². The predicted octanol–water partition coefficient (Wildman–Crippen LogP) is 4.60. The fraction of sp³-hybridized carbons (Fsp3) is 0.348. The van der Waals surface area contributed by atoms with Gasteiger partial charge in [0.25, 0.3) is 0 Å². The number of benzene rings is 2. The summed E-state index contributed by atoms with van der Waals surface area (Å²) in [5.41, 5.74) is -2.04. The summed E-state index contributed by atoms with van der Waals surface area (Å²) in [5.74, 6) is -2.47. The molecule has 1 aromatic heterocycles. The minimum absolute atomic E-state index is 0.0311. The van der Waals surface area contributed by atoms with E-state index in [-0.39, 0.29) is 24.4 Å². The van der Waals surface area contributed by atoms with Crippen LogP contribution in [0.15, 0.2) is 53.6 Å². The fourth-order valence-electron chi connectivity index (χ4n) is 3.17. The van der Waals surface area contributed by atoms with Crippen LogP contribution in [0.5, 0.6) is 17.2 Å². The van der Waals surface area contributed by atoms with Crippen LogP contribution in [0, 0.1) is 0 Å². The van der Waals surface area contributed by atoms with Gasteiger partial charge in [-0.1, -0.05) is 6.07 Å². The first-order valence-corrected chi connectivity index (χ1v) is 10.8. The molecule has 1 heterocycles. The van der Waals surface area contributed by atoms with Gasteiger partial charge in [0.2, 0.25) is 0 Å². The van der Waals surface area contributed by atoms with Crippen molar-refractivity contribution < 1.29 is 50.1 Å². The second-order valence-electron chi connectivity index (χ2n) is 8.14. The Kier molecular flexibility index (Phi) is 7.98. The van der Waals surface area contributed by atoms with Gasteiger partial charge in [0.05, 0.1) is 18.8 Å². The molecule has 0 N–H and O–H groups in total. The van der Waals surface area contributed by atoms with E-state index < -0.39 is 47.2 Å². The Hall–Kier alpha value is -4.17. The van der Waals surface area contributed by atoms with Gasteiger partial charge in [0, 0.05) is 0 Å². The number of halogens is 6. The molecule has 9 nitrogen and oxygen atoms in total. The molecular weight excluding hydrogens is 528 g/mol. The molecule has 0 saturated carbocycles. The minimum Gasteiger partial charge on any atom is -0.472 e. The number of nitrogens with zero attached hydrogens (tertiary/aromatic N) is 3. The summed E-state index contributed by atoms with van der Waals surface area (Å²) in [4.78, 5) is 24.9. The standard InChI is InChI=1S/C23H21F6N3O6/c1-4-35-19(33)21(2,3)37-17-10-5-14(11-18(17)38-23(27,28)29)12-32-20(34)31(13-30-32)15-6-8-16(9-7-15)36-22(24,25)26/h5-11,13H,4,12H2,1-3H3. The second kappa shape index (κ2) is 10.7. The van der Waals surface area contributed by atoms with Gasteiger partial charge in [-0.25, -0.2) is 18.8 Å². The topological polar surface area (TPSA) is 93.8 Å². The van der Waals surface area contributed by atoms with Crippen molar-refractivity contribution in [2.75, 3.05) is 6.61 Å². The van der Waals surface area contributed by atoms with Gasteiger partial charge in [-0.05, 0) is 62.7 Å². The van der Waals surface area contributed by atoms with Crippen molar-refractivity contribution in [1.29, 1.82) is 0 Å². The van der Waals surface area contributed by atoms with Crippen molar-refractivity contribution in [2.45, 2.75) is 45.6 Å². The number of esters is 1. The molecule has 0 aliphatic carbocycles. The lowest BCUT2D eigenvalue weighted by molar-refractivity contribution is -0.276. The summed E-state index contributed by atoms with van der Waals surface area (Å²) < 4.78 is 96.3. The SMILES string of the molecule is CCOC(=O)C(C)(C)Oc1ccc(Cn2ncn(-c3ccc(OC(F)(F)F)cc3)c2=O)cc1OC(F)(F)F. The Balaban J connectivity index is 1.86. The van der Waals surface area contributed by atoms with Crippen molar-refractivity contribution in [2.24, 2.45) is 0 Å². The molecule has 0 bridgehead atoms. The predicted molar refractivity (Wildman–Crippen MR) is 118 cm³/mol. The van der Waals surface area contributed by atoms with Gasteiger partial charge in [-0.15, -0.1) is 26.3 Å². The van der Waals surface area contributed by atoms with Crippen LogP contribution < -0.4 is 19.9 Å². The van der Waals surface area contributed by atoms with Crippen molar-refractivity contribution in [1.82, 2.24) is 14.3 Å². The largest absolute Gasteiger partial charge is 0.573 e. The zero-order chi connectivity index (χ0) is 28.3. The number of hydrogen-bond acceptors (Lipinski definition) is 7. The van der Waals surface area contributed by atoms with Gasteiger partial charge < -0.3 is 18.9 Å². The van der Waals surface area contributed by atoms with Crippen LogP contribution in [0.4, 0.5) is 26.3 Å². The average Bonchev–Trinajstić information content (AvgIpc) is 3.14. The number of alkyl halides is 6. The lowest BCUT2D eigenvalue weighted by atomic mass is 10.1. The number of carbonyl (C=O) groups is 1. The molecule has 206 valence electrons. The summed E-state index contributed by atoms with van der Waals surface area (Å²) in [6.45, 7) is 3.91. The molecule has 3 aromatic rings. The average molecular weight is 549 g/mol. The van der Waals surface area contributed by atoms with E-state index in [9.17, 15) is 35.9 Å². The van der Waals surface area contributed by atoms with Gasteiger partial charge in [-0.3, -0.25) is 0 Å². The number of rotatable bonds is 9. The monoisotopic (exact) mass is 549 g/mol. The second-order valence-corrected chi connectivity index (χ2v) is 8.14. The highest BCUT2D eigenvalue weighted by atomic mass is 19.4. The van der Waals surface area contributed by atoms with Gasteiger partial charge in [0.1, 0.15) is 12.1 Å². The maximum Gasteiger partial charge on any atom is 0.573 e. The lowest BCUT2D eigenvalue weighted by Gasteiger charge is -2.25. The molecule has 0 atom stereocenters. The Bertz CT molecular complexity index is 1330. The van der Waals surface area contributed by atoms with E-state index in [4.69, 9.17) is 9.47 Å². The Morgan fingerprint density at radius 3 is 2.11 bits per heavy atom. The summed E-state index contributed by atoms with van der Waals surface area (Å²) >= 11 is 0. The Morgan fingerprint density at radius 1 is 0.895 bits per heavy atom. The number of hydrogen-bond donors (Lipinski definition) is 0. The molecule has 3 rings (SSSR count). The molecule has 0 aliphatic rings. The van der Waals surface area contributed by atoms with Crippen LogP contribution in [-0.4, -0.2) is 45.2 Å². The molecule has 0 amide bonds. The van der Waals surface area contributed by atoms with Crippen LogP contribution in [0.25, 0.3) is 5.69 Å². The van der Waals surface area contributed by atoms with E-state index in [0.29, 0.717) is 0 Å². The van der Waals surface area contributed by atoms with Crippen molar-refractivity contribution >= 4 is 5.97 Å². The fourth-order valence-corrected chi connectivity index (χ4v) is 3.17. The van der Waals surface area contributed by atoms with E-state index in [2.05, 4.69) is 14.6 Å². The molecule has 38 heavy (non-hydrogen) atoms. The number of aromatic nitrogens is 3. The highest BCUT2D eigenvalue weighted by Crippen LogP contribution is 2.35. The molecule has 0 radical (unpaired) electrons. The molecule has 0 unspecified atom stereocenters. The zero-order valence-electron chi connectivity index (χ0n) is 20.1. The zero-order valence-corrected chi connectivity index (χ0v) is 20.1.